The molecule has 2 aromatic rings. The molecular weight excluding hydrogens is 350 g/mol. The number of nitrogens with two attached hydrogens (primary N) is 1. The van der Waals surface area contributed by atoms with E-state index in [9.17, 15) is 9.59 Å². The van der Waals surface area contributed by atoms with Crippen molar-refractivity contribution in [1.82, 2.24) is 14.9 Å². The van der Waals surface area contributed by atoms with Crippen LogP contribution in [-0.2, 0) is 0 Å². The van der Waals surface area contributed by atoms with Gasteiger partial charge >= 0.3 is 6.09 Å². The number of aromatic nitrogens is 2. The second-order valence-electron chi connectivity index (χ2n) is 4.97. The topological polar surface area (TPSA) is 131 Å². The highest BCUT2D eigenvalue weighted by molar-refractivity contribution is 6.31. The summed E-state index contributed by atoms with van der Waals surface area (Å²) in [4.78, 5) is 31.7. The van der Waals surface area contributed by atoms with Crippen LogP contribution in [-0.4, -0.2) is 52.2 Å². The molecule has 0 unspecified atom stereocenters. The molecule has 0 aliphatic rings. The summed E-state index contributed by atoms with van der Waals surface area (Å²) >= 11 is 5.86. The smallest absolute Gasteiger partial charge is 0.407 e. The highest BCUT2D eigenvalue weighted by Crippen LogP contribution is 2.17. The lowest BCUT2D eigenvalue weighted by molar-refractivity contribution is 0.102. The van der Waals surface area contributed by atoms with Crippen LogP contribution in [0, 0.1) is 0 Å². The van der Waals surface area contributed by atoms with Gasteiger partial charge < -0.3 is 25.8 Å². The lowest BCUT2D eigenvalue weighted by Crippen LogP contribution is -2.29. The number of carboxylic acid groups (broad SMARTS) is 1. The van der Waals surface area contributed by atoms with Crippen molar-refractivity contribution in [2.45, 2.75) is 0 Å². The van der Waals surface area contributed by atoms with Crippen LogP contribution in [0.5, 0.6) is 5.88 Å². The van der Waals surface area contributed by atoms with Gasteiger partial charge in [-0.1, -0.05) is 17.7 Å². The summed E-state index contributed by atoms with van der Waals surface area (Å²) in [6, 6.07) is 7.81. The maximum Gasteiger partial charge on any atom is 0.407 e. The Morgan fingerprint density at radius 3 is 2.80 bits per heavy atom. The number of hydrogen-bond acceptors (Lipinski definition) is 6. The van der Waals surface area contributed by atoms with Crippen LogP contribution in [0.4, 0.5) is 16.6 Å². The fourth-order valence-electron chi connectivity index (χ4n) is 1.78. The van der Waals surface area contributed by atoms with E-state index in [0.29, 0.717) is 10.6 Å². The number of hydrogen-bond donors (Lipinski definition) is 3. The molecule has 0 aliphatic heterocycles. The van der Waals surface area contributed by atoms with E-state index in [0.717, 1.165) is 4.90 Å². The molecule has 0 radical (unpaired) electrons. The molecule has 0 bridgehead atoms. The van der Waals surface area contributed by atoms with Crippen LogP contribution < -0.4 is 15.8 Å². The molecule has 9 nitrogen and oxygen atoms in total. The number of amides is 2. The normalized spacial score (nSPS) is 10.2. The maximum atomic E-state index is 12.2. The van der Waals surface area contributed by atoms with Gasteiger partial charge in [-0.2, -0.15) is 9.97 Å². The minimum atomic E-state index is -1.07. The van der Waals surface area contributed by atoms with Gasteiger partial charge in [0.2, 0.25) is 11.8 Å². The summed E-state index contributed by atoms with van der Waals surface area (Å²) in [6.07, 6.45) is -1.07. The van der Waals surface area contributed by atoms with Crippen molar-refractivity contribution in [3.63, 3.8) is 0 Å². The summed E-state index contributed by atoms with van der Waals surface area (Å²) in [6.45, 7) is 0.213. The lowest BCUT2D eigenvalue weighted by atomic mass is 10.2. The SMILES string of the molecule is CN(CCOc1cc(NC(=O)c2cccc(Cl)c2)nc(N)n1)C(=O)O. The van der Waals surface area contributed by atoms with Crippen molar-refractivity contribution < 1.29 is 19.4 Å². The molecular formula is C15H16ClN5O4. The first-order valence-corrected chi connectivity index (χ1v) is 7.51. The Morgan fingerprint density at radius 1 is 1.36 bits per heavy atom. The van der Waals surface area contributed by atoms with E-state index in [4.69, 9.17) is 27.2 Å². The molecule has 0 aliphatic carbocycles. The van der Waals surface area contributed by atoms with Crippen molar-refractivity contribution in [2.75, 3.05) is 31.2 Å². The predicted octanol–water partition coefficient (Wildman–Crippen LogP) is 1.95. The molecule has 0 fully saturated rings. The van der Waals surface area contributed by atoms with Crippen LogP contribution in [0.25, 0.3) is 0 Å². The average molecular weight is 366 g/mol. The average Bonchev–Trinajstić information content (AvgIpc) is 2.54. The Morgan fingerprint density at radius 2 is 2.12 bits per heavy atom. The van der Waals surface area contributed by atoms with Gasteiger partial charge in [-0.15, -0.1) is 0 Å². The summed E-state index contributed by atoms with van der Waals surface area (Å²) in [7, 11) is 1.41. The number of nitrogens with zero attached hydrogens (tertiary/aromatic N) is 3. The number of nitrogens with one attached hydrogen (secondary N) is 1. The van der Waals surface area contributed by atoms with E-state index in [2.05, 4.69) is 15.3 Å². The molecule has 0 saturated carbocycles. The summed E-state index contributed by atoms with van der Waals surface area (Å²) in [5.74, 6) is -0.241. The first-order valence-electron chi connectivity index (χ1n) is 7.13. The number of likely N-dealkylation sites (N-methyl/N-ethyl adjacent to an activating group) is 1. The largest absolute Gasteiger partial charge is 0.476 e. The van der Waals surface area contributed by atoms with Crippen molar-refractivity contribution in [3.05, 3.63) is 40.9 Å². The Labute approximate surface area is 148 Å². The zero-order chi connectivity index (χ0) is 18.4. The van der Waals surface area contributed by atoms with Crippen molar-refractivity contribution in [1.29, 1.82) is 0 Å². The molecule has 132 valence electrons. The standard InChI is InChI=1S/C15H16ClN5O4/c1-21(15(23)24)5-6-25-12-8-11(19-14(17)20-12)18-13(22)9-3-2-4-10(16)7-9/h2-4,7-8H,5-6H2,1H3,(H,23,24)(H3,17,18,19,20,22). The lowest BCUT2D eigenvalue weighted by Gasteiger charge is -2.13. The number of benzene rings is 1. The zero-order valence-electron chi connectivity index (χ0n) is 13.3. The second-order valence-corrected chi connectivity index (χ2v) is 5.40. The van der Waals surface area contributed by atoms with Gasteiger partial charge in [0.05, 0.1) is 6.54 Å². The molecule has 25 heavy (non-hydrogen) atoms. The predicted molar refractivity (Wildman–Crippen MR) is 92.0 cm³/mol. The molecule has 4 N–H and O–H groups in total. The molecule has 1 aromatic carbocycles. The van der Waals surface area contributed by atoms with E-state index in [1.807, 2.05) is 0 Å². The third-order valence-electron chi connectivity index (χ3n) is 3.05. The first-order chi connectivity index (χ1) is 11.8. The van der Waals surface area contributed by atoms with Gasteiger partial charge in [0.1, 0.15) is 12.4 Å². The Bertz CT molecular complexity index is 786. The number of carbonyl (C=O) groups excluding carboxylic acids is 1. The Balaban J connectivity index is 2.03. The minimum Gasteiger partial charge on any atom is -0.476 e. The molecule has 0 saturated heterocycles. The third-order valence-corrected chi connectivity index (χ3v) is 3.29. The number of nitrogen functional groups attached to an aromatic ring is 1. The van der Waals surface area contributed by atoms with Crippen LogP contribution in [0.1, 0.15) is 10.4 Å². The van der Waals surface area contributed by atoms with Crippen LogP contribution >= 0.6 is 11.6 Å². The number of rotatable bonds is 6. The van der Waals surface area contributed by atoms with Crippen molar-refractivity contribution in [3.8, 4) is 5.88 Å². The number of anilines is 2. The highest BCUT2D eigenvalue weighted by Gasteiger charge is 2.11. The molecule has 2 amide bonds. The van der Waals surface area contributed by atoms with Crippen molar-refractivity contribution >= 4 is 35.4 Å². The highest BCUT2D eigenvalue weighted by atomic mass is 35.5. The van der Waals surface area contributed by atoms with E-state index >= 15 is 0 Å². The van der Waals surface area contributed by atoms with E-state index < -0.39 is 12.0 Å². The molecule has 1 heterocycles. The van der Waals surface area contributed by atoms with E-state index in [-0.39, 0.29) is 30.8 Å². The number of ether oxygens (including phenoxy) is 1. The van der Waals surface area contributed by atoms with Crippen LogP contribution in [0.3, 0.4) is 0 Å². The van der Waals surface area contributed by atoms with Gasteiger partial charge in [0.25, 0.3) is 5.91 Å². The third kappa shape index (κ3) is 5.50. The van der Waals surface area contributed by atoms with Crippen LogP contribution in [0.2, 0.25) is 5.02 Å². The first kappa shape index (κ1) is 18.3. The van der Waals surface area contributed by atoms with Crippen LogP contribution in [0.15, 0.2) is 30.3 Å². The molecule has 1 aromatic heterocycles. The fourth-order valence-corrected chi connectivity index (χ4v) is 1.97. The molecule has 2 rings (SSSR count). The summed E-state index contributed by atoms with van der Waals surface area (Å²) < 4.78 is 5.35. The van der Waals surface area contributed by atoms with Gasteiger partial charge in [0.15, 0.2) is 0 Å². The minimum absolute atomic E-state index is 0.0704. The van der Waals surface area contributed by atoms with Crippen molar-refractivity contribution in [2.24, 2.45) is 0 Å². The number of halogens is 1. The second kappa shape index (κ2) is 8.15. The summed E-state index contributed by atoms with van der Waals surface area (Å²) in [5.41, 5.74) is 5.96. The molecule has 0 atom stereocenters. The van der Waals surface area contributed by atoms with Gasteiger partial charge in [-0.05, 0) is 18.2 Å². The van der Waals surface area contributed by atoms with Gasteiger partial charge in [-0.25, -0.2) is 4.79 Å². The molecule has 0 spiro atoms. The fraction of sp³-hybridized carbons (Fsp3) is 0.200. The van der Waals surface area contributed by atoms with E-state index in [1.54, 1.807) is 18.2 Å². The monoisotopic (exact) mass is 365 g/mol. The quantitative estimate of drug-likeness (QED) is 0.712. The van der Waals surface area contributed by atoms with E-state index in [1.165, 1.54) is 19.2 Å². The van der Waals surface area contributed by atoms with Gasteiger partial charge in [-0.3, -0.25) is 4.79 Å². The number of carbonyl (C=O) groups is 2. The summed E-state index contributed by atoms with van der Waals surface area (Å²) in [5, 5.41) is 11.8. The Kier molecular flexibility index (Phi) is 5.96. The zero-order valence-corrected chi connectivity index (χ0v) is 14.0. The maximum absolute atomic E-state index is 12.2. The Hall–Kier alpha value is -3.07. The molecule has 10 heteroatoms. The van der Waals surface area contributed by atoms with Gasteiger partial charge in [0, 0.05) is 23.7 Å².